The number of carbonyl (C=O) groups excluding carboxylic acids is 1. The summed E-state index contributed by atoms with van der Waals surface area (Å²) in [5, 5.41) is 15.8. The summed E-state index contributed by atoms with van der Waals surface area (Å²) >= 11 is 1.44. The van der Waals surface area contributed by atoms with Gasteiger partial charge in [0.2, 0.25) is 0 Å². The van der Waals surface area contributed by atoms with Crippen LogP contribution in [0.5, 0.6) is 0 Å². The fourth-order valence-corrected chi connectivity index (χ4v) is 5.07. The number of ether oxygens (including phenoxy) is 1. The van der Waals surface area contributed by atoms with Crippen LogP contribution in [0.2, 0.25) is 0 Å². The number of amides is 2. The highest BCUT2D eigenvalue weighted by Crippen LogP contribution is 2.43. The Morgan fingerprint density at radius 1 is 1.35 bits per heavy atom. The summed E-state index contributed by atoms with van der Waals surface area (Å²) in [6.45, 7) is 6.53. The molecule has 1 aromatic carbocycles. The van der Waals surface area contributed by atoms with Crippen LogP contribution in [0, 0.1) is 6.92 Å². The minimum atomic E-state index is -0.980. The number of carbonyl (C=O) groups is 1. The number of oxazole rings is 1. The van der Waals surface area contributed by atoms with Crippen molar-refractivity contribution in [3.8, 4) is 0 Å². The van der Waals surface area contributed by atoms with Crippen LogP contribution in [0.1, 0.15) is 36.0 Å². The molecule has 2 aliphatic heterocycles. The number of hydrogen-bond acceptors (Lipinski definition) is 8. The summed E-state index contributed by atoms with van der Waals surface area (Å²) in [5.74, 6) is 0. The molecular formula is C21H25N5O4S. The summed E-state index contributed by atoms with van der Waals surface area (Å²) < 4.78 is 11.9. The Balaban J connectivity index is 1.40. The van der Waals surface area contributed by atoms with Crippen molar-refractivity contribution in [2.24, 2.45) is 0 Å². The summed E-state index contributed by atoms with van der Waals surface area (Å²) in [5.41, 5.74) is 2.74. The third kappa shape index (κ3) is 3.98. The Morgan fingerprint density at radius 3 is 3.00 bits per heavy atom. The predicted octanol–water partition coefficient (Wildman–Crippen LogP) is 2.99. The first-order valence-corrected chi connectivity index (χ1v) is 11.1. The van der Waals surface area contributed by atoms with Crippen LogP contribution in [-0.2, 0) is 11.2 Å². The molecule has 2 aliphatic rings. The predicted molar refractivity (Wildman–Crippen MR) is 118 cm³/mol. The third-order valence-corrected chi connectivity index (χ3v) is 6.54. The van der Waals surface area contributed by atoms with E-state index >= 15 is 0 Å². The van der Waals surface area contributed by atoms with E-state index < -0.39 is 11.6 Å². The lowest BCUT2D eigenvalue weighted by Gasteiger charge is -2.43. The lowest BCUT2D eigenvalue weighted by molar-refractivity contribution is 0.0579. The molecule has 0 unspecified atom stereocenters. The summed E-state index contributed by atoms with van der Waals surface area (Å²) in [7, 11) is 0. The zero-order chi connectivity index (χ0) is 21.8. The normalized spacial score (nSPS) is 20.6. The molecule has 2 bridgehead atoms. The van der Waals surface area contributed by atoms with Crippen LogP contribution in [0.4, 0.5) is 15.9 Å². The molecule has 0 aliphatic carbocycles. The second kappa shape index (κ2) is 7.47. The van der Waals surface area contributed by atoms with Gasteiger partial charge in [-0.25, -0.2) is 9.78 Å². The van der Waals surface area contributed by atoms with Crippen molar-refractivity contribution < 1.29 is 19.1 Å². The molecule has 4 heterocycles. The van der Waals surface area contributed by atoms with E-state index in [-0.39, 0.29) is 18.6 Å². The van der Waals surface area contributed by atoms with E-state index in [0.29, 0.717) is 30.8 Å². The number of urea groups is 1. The molecule has 0 saturated carbocycles. The second-order valence-electron chi connectivity index (χ2n) is 8.74. The number of nitrogens with one attached hydrogen (secondary N) is 2. The van der Waals surface area contributed by atoms with Crippen molar-refractivity contribution in [1.82, 2.24) is 15.3 Å². The number of aliphatic hydroxyl groups is 1. The average molecular weight is 444 g/mol. The number of hydrogen-bond donors (Lipinski definition) is 3. The van der Waals surface area contributed by atoms with Gasteiger partial charge in [0.1, 0.15) is 5.52 Å². The molecule has 3 aromatic rings. The zero-order valence-corrected chi connectivity index (χ0v) is 18.5. The summed E-state index contributed by atoms with van der Waals surface area (Å²) in [6.07, 6.45) is 0.688. The molecule has 2 atom stereocenters. The molecule has 0 spiro atoms. The van der Waals surface area contributed by atoms with E-state index in [0.717, 1.165) is 27.2 Å². The van der Waals surface area contributed by atoms with E-state index in [1.165, 1.54) is 11.3 Å². The van der Waals surface area contributed by atoms with Gasteiger partial charge in [0.15, 0.2) is 10.7 Å². The van der Waals surface area contributed by atoms with Gasteiger partial charge in [0.25, 0.3) is 6.01 Å². The van der Waals surface area contributed by atoms with Crippen molar-refractivity contribution in [1.29, 1.82) is 0 Å². The van der Waals surface area contributed by atoms with E-state index in [1.807, 2.05) is 25.1 Å². The molecule has 31 heavy (non-hydrogen) atoms. The Hall–Kier alpha value is -2.69. The van der Waals surface area contributed by atoms with Crippen molar-refractivity contribution in [3.63, 3.8) is 0 Å². The quantitative estimate of drug-likeness (QED) is 0.568. The Labute approximate surface area is 183 Å². The van der Waals surface area contributed by atoms with Gasteiger partial charge >= 0.3 is 6.03 Å². The highest BCUT2D eigenvalue weighted by atomic mass is 32.1. The molecule has 1 saturated heterocycles. The van der Waals surface area contributed by atoms with Crippen molar-refractivity contribution in [3.05, 3.63) is 34.3 Å². The van der Waals surface area contributed by atoms with Crippen LogP contribution in [-0.4, -0.2) is 52.5 Å². The smallest absolute Gasteiger partial charge is 0.321 e. The van der Waals surface area contributed by atoms with Crippen LogP contribution in [0.15, 0.2) is 22.6 Å². The fraction of sp³-hybridized carbons (Fsp3) is 0.476. The van der Waals surface area contributed by atoms with E-state index in [4.69, 9.17) is 14.1 Å². The van der Waals surface area contributed by atoms with E-state index in [1.54, 1.807) is 13.8 Å². The number of benzene rings is 1. The van der Waals surface area contributed by atoms with Gasteiger partial charge in [-0.3, -0.25) is 5.32 Å². The summed E-state index contributed by atoms with van der Waals surface area (Å²) in [4.78, 5) is 24.8. The van der Waals surface area contributed by atoms with Gasteiger partial charge < -0.3 is 24.5 Å². The van der Waals surface area contributed by atoms with Crippen LogP contribution < -0.4 is 15.5 Å². The topological polar surface area (TPSA) is 113 Å². The molecule has 2 amide bonds. The molecule has 1 fully saturated rings. The zero-order valence-electron chi connectivity index (χ0n) is 17.6. The van der Waals surface area contributed by atoms with Crippen molar-refractivity contribution >= 4 is 39.6 Å². The molecule has 5 rings (SSSR count). The van der Waals surface area contributed by atoms with Gasteiger partial charge in [0.05, 0.1) is 41.5 Å². The third-order valence-electron chi connectivity index (χ3n) is 5.43. The Kier molecular flexibility index (Phi) is 4.87. The lowest BCUT2D eigenvalue weighted by atomic mass is 9.97. The standard InChI is InChI=1S/C21H25N5O4S/c1-11-4-5-16-13(6-11)24-20(30-16)26-12-7-14-17(15(26)9-29-8-12)31-19(23-14)25-18(27)22-10-21(2,3)28/h4-6,12,15,28H,7-10H2,1-3H3,(H2,22,23,25,27)/t12-,15-/m0/s1. The highest BCUT2D eigenvalue weighted by molar-refractivity contribution is 7.16. The number of thiazole rings is 1. The van der Waals surface area contributed by atoms with Gasteiger partial charge in [-0.1, -0.05) is 17.4 Å². The monoisotopic (exact) mass is 443 g/mol. The molecule has 3 N–H and O–H groups in total. The number of fused-ring (bicyclic) bond motifs is 5. The Bertz CT molecular complexity index is 1130. The van der Waals surface area contributed by atoms with Crippen LogP contribution in [0.25, 0.3) is 11.1 Å². The Morgan fingerprint density at radius 2 is 2.19 bits per heavy atom. The van der Waals surface area contributed by atoms with Crippen LogP contribution in [0.3, 0.4) is 0 Å². The molecule has 164 valence electrons. The highest BCUT2D eigenvalue weighted by Gasteiger charge is 2.42. The lowest BCUT2D eigenvalue weighted by Crippen LogP contribution is -2.51. The van der Waals surface area contributed by atoms with Crippen molar-refractivity contribution in [2.75, 3.05) is 30.0 Å². The number of morpholine rings is 1. The maximum atomic E-state index is 12.2. The van der Waals surface area contributed by atoms with Crippen molar-refractivity contribution in [2.45, 2.75) is 44.9 Å². The number of rotatable bonds is 4. The SMILES string of the molecule is Cc1ccc2oc(N3[C@@H]4COC[C@H]3c3sc(NC(=O)NCC(C)(C)O)nc3C4)nc2c1. The number of anilines is 2. The number of aryl methyl sites for hydroxylation is 1. The molecule has 0 radical (unpaired) electrons. The molecular weight excluding hydrogens is 418 g/mol. The fourth-order valence-electron chi connectivity index (χ4n) is 4.00. The first-order valence-electron chi connectivity index (χ1n) is 10.3. The first kappa shape index (κ1) is 20.2. The average Bonchev–Trinajstić information content (AvgIpc) is 3.28. The van der Waals surface area contributed by atoms with Gasteiger partial charge in [0, 0.05) is 13.0 Å². The van der Waals surface area contributed by atoms with Gasteiger partial charge in [-0.05, 0) is 38.5 Å². The molecule has 2 aromatic heterocycles. The van der Waals surface area contributed by atoms with E-state index in [2.05, 4.69) is 20.5 Å². The largest absolute Gasteiger partial charge is 0.423 e. The number of aromatic nitrogens is 2. The second-order valence-corrected chi connectivity index (χ2v) is 9.77. The van der Waals surface area contributed by atoms with Gasteiger partial charge in [-0.2, -0.15) is 4.98 Å². The maximum absolute atomic E-state index is 12.2. The van der Waals surface area contributed by atoms with Crippen LogP contribution >= 0.6 is 11.3 Å². The molecule has 9 nitrogen and oxygen atoms in total. The van der Waals surface area contributed by atoms with E-state index in [9.17, 15) is 9.90 Å². The minimum Gasteiger partial charge on any atom is -0.423 e. The number of nitrogens with zero attached hydrogens (tertiary/aromatic N) is 3. The minimum absolute atomic E-state index is 0.0656. The first-order chi connectivity index (χ1) is 14.8. The molecule has 10 heteroatoms. The van der Waals surface area contributed by atoms with Gasteiger partial charge in [-0.15, -0.1) is 0 Å². The maximum Gasteiger partial charge on any atom is 0.321 e. The summed E-state index contributed by atoms with van der Waals surface area (Å²) in [6, 6.07) is 6.19.